The fourth-order valence-corrected chi connectivity index (χ4v) is 2.77. The molecule has 3 nitrogen and oxygen atoms in total. The molecule has 1 saturated carbocycles. The molecular formula is C14H18Cl2N2O. The number of benzene rings is 1. The highest BCUT2D eigenvalue weighted by Crippen LogP contribution is 2.27. The molecule has 104 valence electrons. The van der Waals surface area contributed by atoms with Crippen molar-refractivity contribution in [3.63, 3.8) is 0 Å². The summed E-state index contributed by atoms with van der Waals surface area (Å²) in [5.74, 6) is -0.134. The Balaban J connectivity index is 2.04. The number of nitrogens with one attached hydrogen (secondary N) is 1. The Morgan fingerprint density at radius 3 is 2.63 bits per heavy atom. The smallest absolute Gasteiger partial charge is 0.229 e. The van der Waals surface area contributed by atoms with Gasteiger partial charge in [-0.05, 0) is 31.0 Å². The van der Waals surface area contributed by atoms with Gasteiger partial charge in [-0.25, -0.2) is 0 Å². The number of amides is 1. The summed E-state index contributed by atoms with van der Waals surface area (Å²) in [5, 5.41) is 3.79. The second-order valence-electron chi connectivity index (χ2n) is 5.03. The molecular weight excluding hydrogens is 283 g/mol. The third-order valence-electron chi connectivity index (χ3n) is 3.59. The molecule has 0 heterocycles. The van der Waals surface area contributed by atoms with Gasteiger partial charge in [-0.3, -0.25) is 4.79 Å². The van der Waals surface area contributed by atoms with Gasteiger partial charge in [0.1, 0.15) is 0 Å². The molecule has 0 radical (unpaired) electrons. The summed E-state index contributed by atoms with van der Waals surface area (Å²) in [5.41, 5.74) is 6.74. The Bertz CT molecular complexity index is 465. The van der Waals surface area contributed by atoms with Crippen molar-refractivity contribution in [2.45, 2.75) is 38.1 Å². The number of carbonyl (C=O) groups is 1. The topological polar surface area (TPSA) is 55.1 Å². The zero-order chi connectivity index (χ0) is 13.8. The van der Waals surface area contributed by atoms with Crippen LogP contribution in [0.4, 0.5) is 5.69 Å². The van der Waals surface area contributed by atoms with Crippen LogP contribution in [-0.4, -0.2) is 11.9 Å². The van der Waals surface area contributed by atoms with Crippen LogP contribution in [-0.2, 0) is 4.79 Å². The fourth-order valence-electron chi connectivity index (χ4n) is 2.47. The second kappa shape index (κ2) is 6.60. The summed E-state index contributed by atoms with van der Waals surface area (Å²) < 4.78 is 0. The van der Waals surface area contributed by atoms with Crippen LogP contribution in [0.25, 0.3) is 0 Å². The Labute approximate surface area is 123 Å². The number of rotatable bonds is 2. The highest BCUT2D eigenvalue weighted by atomic mass is 35.5. The molecule has 1 fully saturated rings. The van der Waals surface area contributed by atoms with Crippen molar-refractivity contribution in [2.24, 2.45) is 11.7 Å². The zero-order valence-electron chi connectivity index (χ0n) is 10.7. The minimum absolute atomic E-state index is 0.0206. The van der Waals surface area contributed by atoms with E-state index in [4.69, 9.17) is 28.9 Å². The fraction of sp³-hybridized carbons (Fsp3) is 0.500. The molecule has 1 amide bonds. The highest BCUT2D eigenvalue weighted by molar-refractivity contribution is 6.42. The first kappa shape index (κ1) is 14.6. The first-order valence-electron chi connectivity index (χ1n) is 6.59. The van der Waals surface area contributed by atoms with Crippen LogP contribution in [0, 0.1) is 5.92 Å². The van der Waals surface area contributed by atoms with Gasteiger partial charge >= 0.3 is 0 Å². The third kappa shape index (κ3) is 3.85. The van der Waals surface area contributed by atoms with Gasteiger partial charge in [-0.15, -0.1) is 0 Å². The minimum atomic E-state index is -0.114. The molecule has 0 bridgehead atoms. The van der Waals surface area contributed by atoms with E-state index in [2.05, 4.69) is 5.32 Å². The Morgan fingerprint density at radius 1 is 1.16 bits per heavy atom. The van der Waals surface area contributed by atoms with Gasteiger partial charge in [0.05, 0.1) is 16.0 Å². The van der Waals surface area contributed by atoms with Crippen LogP contribution in [0.1, 0.15) is 32.1 Å². The van der Waals surface area contributed by atoms with Crippen molar-refractivity contribution in [2.75, 3.05) is 5.32 Å². The molecule has 0 spiro atoms. The summed E-state index contributed by atoms with van der Waals surface area (Å²) in [6.45, 7) is 0. The van der Waals surface area contributed by atoms with Gasteiger partial charge in [0, 0.05) is 11.7 Å². The Morgan fingerprint density at radius 2 is 1.89 bits per heavy atom. The van der Waals surface area contributed by atoms with Crippen LogP contribution in [0.5, 0.6) is 0 Å². The Hall–Kier alpha value is -0.770. The van der Waals surface area contributed by atoms with E-state index in [1.807, 2.05) is 0 Å². The second-order valence-corrected chi connectivity index (χ2v) is 5.84. The van der Waals surface area contributed by atoms with Crippen LogP contribution in [0.2, 0.25) is 10.0 Å². The van der Waals surface area contributed by atoms with Crippen molar-refractivity contribution < 1.29 is 4.79 Å². The maximum atomic E-state index is 12.3. The molecule has 2 atom stereocenters. The first-order valence-corrected chi connectivity index (χ1v) is 7.35. The number of nitrogens with two attached hydrogens (primary N) is 1. The molecule has 0 aromatic heterocycles. The molecule has 0 aliphatic heterocycles. The van der Waals surface area contributed by atoms with Gasteiger partial charge in [-0.1, -0.05) is 42.5 Å². The molecule has 2 unspecified atom stereocenters. The maximum Gasteiger partial charge on any atom is 0.229 e. The number of hydrogen-bond acceptors (Lipinski definition) is 2. The minimum Gasteiger partial charge on any atom is -0.327 e. The molecule has 2 rings (SSSR count). The maximum absolute atomic E-state index is 12.3. The van der Waals surface area contributed by atoms with Gasteiger partial charge in [-0.2, -0.15) is 0 Å². The van der Waals surface area contributed by atoms with E-state index < -0.39 is 0 Å². The molecule has 3 N–H and O–H groups in total. The summed E-state index contributed by atoms with van der Waals surface area (Å²) in [7, 11) is 0. The summed E-state index contributed by atoms with van der Waals surface area (Å²) >= 11 is 11.8. The molecule has 5 heteroatoms. The molecule has 0 saturated heterocycles. The van der Waals surface area contributed by atoms with Gasteiger partial charge < -0.3 is 11.1 Å². The third-order valence-corrected chi connectivity index (χ3v) is 4.33. The summed E-state index contributed by atoms with van der Waals surface area (Å²) in [6, 6.07) is 5.02. The lowest BCUT2D eigenvalue weighted by atomic mass is 9.94. The van der Waals surface area contributed by atoms with Crippen LogP contribution in [0.3, 0.4) is 0 Å². The first-order chi connectivity index (χ1) is 9.08. The normalized spacial score (nSPS) is 23.7. The highest BCUT2D eigenvalue weighted by Gasteiger charge is 2.27. The lowest BCUT2D eigenvalue weighted by Gasteiger charge is -2.20. The van der Waals surface area contributed by atoms with E-state index in [-0.39, 0.29) is 17.9 Å². The van der Waals surface area contributed by atoms with Crippen molar-refractivity contribution >= 4 is 34.8 Å². The quantitative estimate of drug-likeness (QED) is 0.815. The molecule has 1 aliphatic carbocycles. The number of anilines is 1. The predicted molar refractivity (Wildman–Crippen MR) is 79.6 cm³/mol. The van der Waals surface area contributed by atoms with Crippen LogP contribution >= 0.6 is 23.2 Å². The SMILES string of the molecule is NC1CCCCCC1C(=O)Nc1ccc(Cl)c(Cl)c1. The largest absolute Gasteiger partial charge is 0.327 e. The van der Waals surface area contributed by atoms with E-state index in [0.717, 1.165) is 32.1 Å². The van der Waals surface area contributed by atoms with E-state index in [0.29, 0.717) is 15.7 Å². The van der Waals surface area contributed by atoms with Crippen molar-refractivity contribution in [3.05, 3.63) is 28.2 Å². The lowest BCUT2D eigenvalue weighted by Crippen LogP contribution is -2.37. The standard InChI is InChI=1S/C14H18Cl2N2O/c15-11-7-6-9(8-12(11)16)18-14(19)10-4-2-1-3-5-13(10)17/h6-8,10,13H,1-5,17H2,(H,18,19). The average Bonchev–Trinajstić information content (AvgIpc) is 2.58. The number of hydrogen-bond donors (Lipinski definition) is 2. The van der Waals surface area contributed by atoms with Crippen molar-refractivity contribution in [1.29, 1.82) is 0 Å². The van der Waals surface area contributed by atoms with Gasteiger partial charge in [0.2, 0.25) is 5.91 Å². The average molecular weight is 301 g/mol. The van der Waals surface area contributed by atoms with E-state index in [1.165, 1.54) is 0 Å². The van der Waals surface area contributed by atoms with E-state index >= 15 is 0 Å². The van der Waals surface area contributed by atoms with Crippen LogP contribution in [0.15, 0.2) is 18.2 Å². The lowest BCUT2D eigenvalue weighted by molar-refractivity contribution is -0.120. The van der Waals surface area contributed by atoms with Crippen molar-refractivity contribution in [1.82, 2.24) is 0 Å². The Kier molecular flexibility index (Phi) is 5.08. The van der Waals surface area contributed by atoms with E-state index in [9.17, 15) is 4.79 Å². The predicted octanol–water partition coefficient (Wildman–Crippen LogP) is 3.84. The molecule has 1 aromatic rings. The molecule has 1 aliphatic rings. The summed E-state index contributed by atoms with van der Waals surface area (Å²) in [6.07, 6.45) is 5.10. The van der Waals surface area contributed by atoms with Crippen molar-refractivity contribution in [3.8, 4) is 0 Å². The zero-order valence-corrected chi connectivity index (χ0v) is 12.2. The van der Waals surface area contributed by atoms with Gasteiger partial charge in [0.15, 0.2) is 0 Å². The monoisotopic (exact) mass is 300 g/mol. The van der Waals surface area contributed by atoms with Gasteiger partial charge in [0.25, 0.3) is 0 Å². The van der Waals surface area contributed by atoms with Crippen LogP contribution < -0.4 is 11.1 Å². The molecule has 1 aromatic carbocycles. The summed E-state index contributed by atoms with van der Waals surface area (Å²) in [4.78, 5) is 12.3. The molecule has 19 heavy (non-hydrogen) atoms. The number of halogens is 2. The van der Waals surface area contributed by atoms with E-state index in [1.54, 1.807) is 18.2 Å². The number of carbonyl (C=O) groups excluding carboxylic acids is 1.